The van der Waals surface area contributed by atoms with Crippen molar-refractivity contribution in [1.82, 2.24) is 10.2 Å². The highest BCUT2D eigenvalue weighted by Gasteiger charge is 2.14. The maximum atomic E-state index is 10.5. The second kappa shape index (κ2) is 3.34. The summed E-state index contributed by atoms with van der Waals surface area (Å²) in [6.45, 7) is 3.52. The van der Waals surface area contributed by atoms with E-state index in [2.05, 4.69) is 10.2 Å². The van der Waals surface area contributed by atoms with Crippen LogP contribution in [0.5, 0.6) is 0 Å². The molecule has 0 spiro atoms. The van der Waals surface area contributed by atoms with Gasteiger partial charge in [0, 0.05) is 19.3 Å². The zero-order valence-electron chi connectivity index (χ0n) is 7.07. The van der Waals surface area contributed by atoms with Crippen LogP contribution in [-0.2, 0) is 4.79 Å². The van der Waals surface area contributed by atoms with E-state index in [9.17, 15) is 4.79 Å². The van der Waals surface area contributed by atoms with Crippen LogP contribution >= 0.6 is 0 Å². The fourth-order valence-corrected chi connectivity index (χ4v) is 0.900. The number of primary amides is 1. The van der Waals surface area contributed by atoms with Gasteiger partial charge in [-0.25, -0.2) is 0 Å². The SMILES string of the molecule is Cc1nnc(C(C)CC(N)=O)o1. The number of aryl methyl sites for hydroxylation is 1. The van der Waals surface area contributed by atoms with Crippen molar-refractivity contribution in [2.24, 2.45) is 5.73 Å². The maximum absolute atomic E-state index is 10.5. The van der Waals surface area contributed by atoms with E-state index < -0.39 is 0 Å². The summed E-state index contributed by atoms with van der Waals surface area (Å²) in [4.78, 5) is 10.5. The Morgan fingerprint density at radius 3 is 2.75 bits per heavy atom. The molecule has 0 aliphatic heterocycles. The number of hydrogen-bond acceptors (Lipinski definition) is 4. The number of aromatic nitrogens is 2. The third kappa shape index (κ3) is 2.05. The van der Waals surface area contributed by atoms with Gasteiger partial charge in [0.1, 0.15) is 0 Å². The molecule has 2 N–H and O–H groups in total. The van der Waals surface area contributed by atoms with Crippen molar-refractivity contribution in [1.29, 1.82) is 0 Å². The van der Waals surface area contributed by atoms with E-state index in [1.54, 1.807) is 6.92 Å². The van der Waals surface area contributed by atoms with Gasteiger partial charge in [0.15, 0.2) is 0 Å². The Morgan fingerprint density at radius 1 is 1.67 bits per heavy atom. The average Bonchev–Trinajstić information content (AvgIpc) is 2.34. The van der Waals surface area contributed by atoms with Gasteiger partial charge in [-0.15, -0.1) is 10.2 Å². The summed E-state index contributed by atoms with van der Waals surface area (Å²) in [5, 5.41) is 7.42. The van der Waals surface area contributed by atoms with Crippen LogP contribution in [0.3, 0.4) is 0 Å². The number of amides is 1. The topological polar surface area (TPSA) is 82.0 Å². The van der Waals surface area contributed by atoms with Crippen LogP contribution in [0.25, 0.3) is 0 Å². The van der Waals surface area contributed by atoms with E-state index in [0.717, 1.165) is 0 Å². The second-order valence-corrected chi connectivity index (χ2v) is 2.73. The maximum Gasteiger partial charge on any atom is 0.219 e. The molecule has 0 aliphatic carbocycles. The molecule has 1 heterocycles. The van der Waals surface area contributed by atoms with Gasteiger partial charge in [-0.1, -0.05) is 6.92 Å². The van der Waals surface area contributed by atoms with Gasteiger partial charge in [0.05, 0.1) is 0 Å². The highest BCUT2D eigenvalue weighted by Crippen LogP contribution is 2.16. The Kier molecular flexibility index (Phi) is 2.42. The summed E-state index contributed by atoms with van der Waals surface area (Å²) in [6, 6.07) is 0. The minimum Gasteiger partial charge on any atom is -0.425 e. The summed E-state index contributed by atoms with van der Waals surface area (Å²) < 4.78 is 5.12. The molecule has 1 amide bonds. The molecule has 1 rings (SSSR count). The summed E-state index contributed by atoms with van der Waals surface area (Å²) in [7, 11) is 0. The number of nitrogens with zero attached hydrogens (tertiary/aromatic N) is 2. The van der Waals surface area contributed by atoms with Gasteiger partial charge >= 0.3 is 0 Å². The average molecular weight is 169 g/mol. The smallest absolute Gasteiger partial charge is 0.219 e. The Hall–Kier alpha value is -1.39. The molecule has 5 heteroatoms. The molecule has 0 fully saturated rings. The van der Waals surface area contributed by atoms with Crippen LogP contribution < -0.4 is 5.73 Å². The molecular formula is C7H11N3O2. The van der Waals surface area contributed by atoms with E-state index in [4.69, 9.17) is 10.2 Å². The monoisotopic (exact) mass is 169 g/mol. The molecule has 0 saturated heterocycles. The van der Waals surface area contributed by atoms with Crippen molar-refractivity contribution in [2.75, 3.05) is 0 Å². The minimum atomic E-state index is -0.363. The molecule has 0 aliphatic rings. The minimum absolute atomic E-state index is 0.0938. The van der Waals surface area contributed by atoms with Gasteiger partial charge in [-0.3, -0.25) is 4.79 Å². The lowest BCUT2D eigenvalue weighted by atomic mass is 10.1. The predicted molar refractivity (Wildman–Crippen MR) is 41.3 cm³/mol. The molecule has 0 saturated carbocycles. The number of carbonyl (C=O) groups excluding carboxylic acids is 1. The first kappa shape index (κ1) is 8.70. The van der Waals surface area contributed by atoms with E-state index in [-0.39, 0.29) is 18.2 Å². The van der Waals surface area contributed by atoms with E-state index in [0.29, 0.717) is 11.8 Å². The molecule has 0 bridgehead atoms. The molecule has 1 atom stereocenters. The highest BCUT2D eigenvalue weighted by molar-refractivity contribution is 5.74. The van der Waals surface area contributed by atoms with Crippen LogP contribution in [0.1, 0.15) is 31.0 Å². The summed E-state index contributed by atoms with van der Waals surface area (Å²) >= 11 is 0. The summed E-state index contributed by atoms with van der Waals surface area (Å²) in [6.07, 6.45) is 0.238. The normalized spacial score (nSPS) is 12.8. The predicted octanol–water partition coefficient (Wildman–Crippen LogP) is 0.357. The zero-order valence-corrected chi connectivity index (χ0v) is 7.07. The lowest BCUT2D eigenvalue weighted by Crippen LogP contribution is -2.13. The molecule has 12 heavy (non-hydrogen) atoms. The van der Waals surface area contributed by atoms with E-state index in [1.807, 2.05) is 6.92 Å². The Morgan fingerprint density at radius 2 is 2.33 bits per heavy atom. The Bertz CT molecular complexity index is 282. The van der Waals surface area contributed by atoms with Gasteiger partial charge in [-0.2, -0.15) is 0 Å². The van der Waals surface area contributed by atoms with Crippen LogP contribution in [0.2, 0.25) is 0 Å². The Balaban J connectivity index is 2.64. The number of hydrogen-bond donors (Lipinski definition) is 1. The third-order valence-corrected chi connectivity index (χ3v) is 1.47. The lowest BCUT2D eigenvalue weighted by molar-refractivity contribution is -0.118. The molecule has 1 aromatic rings. The van der Waals surface area contributed by atoms with Crippen LogP contribution in [-0.4, -0.2) is 16.1 Å². The van der Waals surface area contributed by atoms with Crippen LogP contribution in [0, 0.1) is 6.92 Å². The van der Waals surface area contributed by atoms with Crippen LogP contribution in [0.4, 0.5) is 0 Å². The van der Waals surface area contributed by atoms with Crippen molar-refractivity contribution in [3.8, 4) is 0 Å². The largest absolute Gasteiger partial charge is 0.425 e. The van der Waals surface area contributed by atoms with Crippen molar-refractivity contribution >= 4 is 5.91 Å². The third-order valence-electron chi connectivity index (χ3n) is 1.47. The number of carbonyl (C=O) groups is 1. The van der Waals surface area contributed by atoms with Gasteiger partial charge in [0.25, 0.3) is 0 Å². The van der Waals surface area contributed by atoms with Crippen LogP contribution in [0.15, 0.2) is 4.42 Å². The summed E-state index contributed by atoms with van der Waals surface area (Å²) in [5.41, 5.74) is 5.01. The first-order valence-electron chi connectivity index (χ1n) is 3.68. The molecule has 1 aromatic heterocycles. The molecule has 0 aromatic carbocycles. The zero-order chi connectivity index (χ0) is 9.14. The quantitative estimate of drug-likeness (QED) is 0.708. The van der Waals surface area contributed by atoms with Crippen molar-refractivity contribution < 1.29 is 9.21 Å². The van der Waals surface area contributed by atoms with Crippen molar-refractivity contribution in [3.05, 3.63) is 11.8 Å². The van der Waals surface area contributed by atoms with Gasteiger partial charge in [-0.05, 0) is 0 Å². The number of nitrogens with two attached hydrogens (primary N) is 1. The van der Waals surface area contributed by atoms with Crippen molar-refractivity contribution in [3.63, 3.8) is 0 Å². The van der Waals surface area contributed by atoms with Gasteiger partial charge in [0.2, 0.25) is 17.7 Å². The van der Waals surface area contributed by atoms with Crippen molar-refractivity contribution in [2.45, 2.75) is 26.2 Å². The fourth-order valence-electron chi connectivity index (χ4n) is 0.900. The first-order chi connectivity index (χ1) is 5.59. The number of rotatable bonds is 3. The Labute approximate surface area is 70.0 Å². The molecule has 0 radical (unpaired) electrons. The van der Waals surface area contributed by atoms with E-state index in [1.165, 1.54) is 0 Å². The molecule has 5 nitrogen and oxygen atoms in total. The fraction of sp³-hybridized carbons (Fsp3) is 0.571. The lowest BCUT2D eigenvalue weighted by Gasteiger charge is -2.01. The standard InChI is InChI=1S/C7H11N3O2/c1-4(3-6(8)11)7-10-9-5(2)12-7/h4H,3H2,1-2H3,(H2,8,11). The molecule has 66 valence electrons. The second-order valence-electron chi connectivity index (χ2n) is 2.73. The summed E-state index contributed by atoms with van der Waals surface area (Å²) in [5.74, 6) is 0.509. The highest BCUT2D eigenvalue weighted by atomic mass is 16.4. The molecule has 1 unspecified atom stereocenters. The molecular weight excluding hydrogens is 158 g/mol. The first-order valence-corrected chi connectivity index (χ1v) is 3.68. The van der Waals surface area contributed by atoms with E-state index >= 15 is 0 Å². The van der Waals surface area contributed by atoms with Gasteiger partial charge < -0.3 is 10.2 Å².